The van der Waals surface area contributed by atoms with Crippen molar-refractivity contribution < 1.29 is 18.9 Å². The summed E-state index contributed by atoms with van der Waals surface area (Å²) in [4.78, 5) is 25.4. The summed E-state index contributed by atoms with van der Waals surface area (Å²) in [6.07, 6.45) is 4.28. The first-order valence-corrected chi connectivity index (χ1v) is 9.60. The molecule has 5 rings (SSSR count). The smallest absolute Gasteiger partial charge is 0.404 e. The quantitative estimate of drug-likeness (QED) is 0.783. The van der Waals surface area contributed by atoms with E-state index in [0.29, 0.717) is 17.9 Å². The van der Waals surface area contributed by atoms with Crippen LogP contribution in [0.3, 0.4) is 0 Å². The van der Waals surface area contributed by atoms with Crippen LogP contribution in [-0.4, -0.2) is 54.6 Å². The van der Waals surface area contributed by atoms with Gasteiger partial charge in [-0.25, -0.2) is 0 Å². The van der Waals surface area contributed by atoms with E-state index in [4.69, 9.17) is 9.31 Å². The van der Waals surface area contributed by atoms with Gasteiger partial charge in [0.25, 0.3) is 0 Å². The molecular formula is C18H29BN2O4. The number of likely N-dealkylation sites (tertiary alicyclic amines) is 1. The van der Waals surface area contributed by atoms with Crippen LogP contribution in [0.5, 0.6) is 0 Å². The highest BCUT2D eigenvalue weighted by Gasteiger charge is 2.69. The Morgan fingerprint density at radius 2 is 2.04 bits per heavy atom. The second-order valence-electron chi connectivity index (χ2n) is 9.04. The number of amides is 2. The van der Waals surface area contributed by atoms with Crippen LogP contribution in [-0.2, 0) is 18.9 Å². The summed E-state index contributed by atoms with van der Waals surface area (Å²) < 4.78 is 12.9. The maximum Gasteiger partial charge on any atom is 0.481 e. The van der Waals surface area contributed by atoms with Crippen molar-refractivity contribution in [1.29, 1.82) is 0 Å². The van der Waals surface area contributed by atoms with E-state index in [2.05, 4.69) is 26.1 Å². The predicted octanol–water partition coefficient (Wildman–Crippen LogP) is 1.38. The summed E-state index contributed by atoms with van der Waals surface area (Å²) in [5.74, 6) is 0.981. The summed E-state index contributed by atoms with van der Waals surface area (Å²) in [7, 11) is -0.339. The molecule has 0 aromatic heterocycles. The van der Waals surface area contributed by atoms with Crippen molar-refractivity contribution in [3.05, 3.63) is 0 Å². The maximum absolute atomic E-state index is 12.5. The number of rotatable bonds is 3. The first-order chi connectivity index (χ1) is 11.7. The number of nitrogens with one attached hydrogen (secondary N) is 1. The molecule has 2 amide bonds. The zero-order valence-corrected chi connectivity index (χ0v) is 15.7. The Labute approximate surface area is 150 Å². The van der Waals surface area contributed by atoms with Crippen molar-refractivity contribution in [2.75, 3.05) is 13.1 Å². The van der Waals surface area contributed by atoms with Gasteiger partial charge in [0.2, 0.25) is 11.8 Å². The molecule has 0 spiro atoms. The van der Waals surface area contributed by atoms with Crippen LogP contribution in [0.2, 0.25) is 0 Å². The third kappa shape index (κ3) is 2.54. The Hall–Kier alpha value is -1.08. The molecule has 0 aromatic carbocycles. The molecule has 5 aliphatic rings. The number of hydrogen-bond acceptors (Lipinski definition) is 4. The predicted molar refractivity (Wildman–Crippen MR) is 93.5 cm³/mol. The van der Waals surface area contributed by atoms with Gasteiger partial charge >= 0.3 is 7.12 Å². The first-order valence-electron chi connectivity index (χ1n) is 9.60. The van der Waals surface area contributed by atoms with Crippen LogP contribution in [0.25, 0.3) is 0 Å². The average Bonchev–Trinajstić information content (AvgIpc) is 3.14. The fraction of sp³-hybridized carbons (Fsp3) is 0.889. The molecule has 7 heteroatoms. The van der Waals surface area contributed by atoms with Crippen LogP contribution in [0.4, 0.5) is 0 Å². The van der Waals surface area contributed by atoms with Crippen molar-refractivity contribution in [3.8, 4) is 0 Å². The van der Waals surface area contributed by atoms with E-state index >= 15 is 0 Å². The van der Waals surface area contributed by atoms with Gasteiger partial charge in [0.15, 0.2) is 0 Å². The van der Waals surface area contributed by atoms with Gasteiger partial charge in [0, 0.05) is 13.5 Å². The lowest BCUT2D eigenvalue weighted by Gasteiger charge is -2.64. The lowest BCUT2D eigenvalue weighted by atomic mass is 9.43. The molecule has 3 saturated carbocycles. The molecule has 138 valence electrons. The minimum atomic E-state index is -0.339. The molecule has 2 aliphatic heterocycles. The summed E-state index contributed by atoms with van der Waals surface area (Å²) in [5, 5.41) is 2.60. The minimum Gasteiger partial charge on any atom is -0.404 e. The van der Waals surface area contributed by atoms with Gasteiger partial charge in [0.1, 0.15) is 0 Å². The highest BCUT2D eigenvalue weighted by atomic mass is 16.7. The van der Waals surface area contributed by atoms with Gasteiger partial charge < -0.3 is 19.5 Å². The Balaban J connectivity index is 1.46. The molecule has 2 bridgehead atoms. The van der Waals surface area contributed by atoms with E-state index in [1.165, 1.54) is 13.3 Å². The van der Waals surface area contributed by atoms with E-state index in [0.717, 1.165) is 25.2 Å². The topological polar surface area (TPSA) is 67.9 Å². The number of carbonyl (C=O) groups is 2. The van der Waals surface area contributed by atoms with Gasteiger partial charge in [-0.2, -0.15) is 0 Å². The van der Waals surface area contributed by atoms with Gasteiger partial charge in [-0.05, 0) is 49.9 Å². The van der Waals surface area contributed by atoms with E-state index in [-0.39, 0.29) is 43.1 Å². The van der Waals surface area contributed by atoms with Gasteiger partial charge in [-0.1, -0.05) is 13.8 Å². The normalized spacial score (nSPS) is 41.3. The monoisotopic (exact) mass is 348 g/mol. The third-order valence-corrected chi connectivity index (χ3v) is 7.39. The highest BCUT2D eigenvalue weighted by molar-refractivity contribution is 6.48. The van der Waals surface area contributed by atoms with Gasteiger partial charge in [-0.3, -0.25) is 9.59 Å². The molecule has 5 atom stereocenters. The van der Waals surface area contributed by atoms with Crippen LogP contribution in [0.15, 0.2) is 0 Å². The van der Waals surface area contributed by atoms with Gasteiger partial charge in [-0.15, -0.1) is 0 Å². The Morgan fingerprint density at radius 3 is 2.72 bits per heavy atom. The zero-order chi connectivity index (χ0) is 18.0. The number of nitrogens with zero attached hydrogens (tertiary/aromatic N) is 1. The molecule has 6 nitrogen and oxygen atoms in total. The fourth-order valence-corrected chi connectivity index (χ4v) is 5.75. The van der Waals surface area contributed by atoms with Crippen molar-refractivity contribution in [2.24, 2.45) is 17.3 Å². The molecule has 5 fully saturated rings. The van der Waals surface area contributed by atoms with E-state index in [9.17, 15) is 9.59 Å². The SMILES string of the molecule is CC(=O)NCC(=O)N1CCC[C@H]1B1O[C@@H]2C[C@@H]3C[C@@H](C3(C)C)[C@]2(C)O1. The van der Waals surface area contributed by atoms with Crippen LogP contribution in [0.1, 0.15) is 53.4 Å². The average molecular weight is 348 g/mol. The zero-order valence-electron chi connectivity index (χ0n) is 15.7. The van der Waals surface area contributed by atoms with Crippen molar-refractivity contribution in [3.63, 3.8) is 0 Å². The summed E-state index contributed by atoms with van der Waals surface area (Å²) >= 11 is 0. The van der Waals surface area contributed by atoms with Crippen LogP contribution in [0, 0.1) is 17.3 Å². The largest absolute Gasteiger partial charge is 0.481 e. The minimum absolute atomic E-state index is 0.0380. The molecule has 1 N–H and O–H groups in total. The van der Waals surface area contributed by atoms with Crippen molar-refractivity contribution in [2.45, 2.75) is 71.0 Å². The molecular weight excluding hydrogens is 319 g/mol. The molecule has 0 radical (unpaired) electrons. The molecule has 3 aliphatic carbocycles. The summed E-state index contributed by atoms with van der Waals surface area (Å²) in [6, 6.07) is 0. The van der Waals surface area contributed by atoms with Crippen LogP contribution >= 0.6 is 0 Å². The van der Waals surface area contributed by atoms with E-state index in [1.807, 2.05) is 4.90 Å². The summed E-state index contributed by atoms with van der Waals surface area (Å²) in [6.45, 7) is 9.10. The molecule has 0 unspecified atom stereocenters. The molecule has 25 heavy (non-hydrogen) atoms. The lowest BCUT2D eigenvalue weighted by Crippen LogP contribution is -2.65. The molecule has 0 aromatic rings. The van der Waals surface area contributed by atoms with Gasteiger partial charge in [0.05, 0.1) is 24.2 Å². The maximum atomic E-state index is 12.5. The summed E-state index contributed by atoms with van der Waals surface area (Å²) in [5.41, 5.74) is 0.0813. The highest BCUT2D eigenvalue weighted by Crippen LogP contribution is 2.65. The first kappa shape index (κ1) is 17.3. The van der Waals surface area contributed by atoms with Crippen molar-refractivity contribution >= 4 is 18.9 Å². The second kappa shape index (κ2) is 5.71. The standard InChI is InChI=1S/C18H29BN2O4/c1-11(22)20-10-16(23)21-7-5-6-15(21)19-24-14-9-12-8-13(17(12,2)3)18(14,4)25-19/h12-15H,5-10H2,1-4H3,(H,20,22)/t12-,13-,14+,15-,18-/m0/s1. The Kier molecular flexibility index (Phi) is 3.96. The molecule has 2 heterocycles. The van der Waals surface area contributed by atoms with E-state index < -0.39 is 0 Å². The second-order valence-corrected chi connectivity index (χ2v) is 9.04. The number of hydrogen-bond donors (Lipinski definition) is 1. The Morgan fingerprint density at radius 1 is 1.28 bits per heavy atom. The van der Waals surface area contributed by atoms with Crippen LogP contribution < -0.4 is 5.32 Å². The Bertz CT molecular complexity index is 598. The lowest BCUT2D eigenvalue weighted by molar-refractivity contribution is -0.199. The molecule has 2 saturated heterocycles. The third-order valence-electron chi connectivity index (χ3n) is 7.39. The van der Waals surface area contributed by atoms with Crippen molar-refractivity contribution in [1.82, 2.24) is 10.2 Å². The number of carbonyl (C=O) groups excluding carboxylic acids is 2. The fourth-order valence-electron chi connectivity index (χ4n) is 5.75. The van der Waals surface area contributed by atoms with E-state index in [1.54, 1.807) is 0 Å².